The molecule has 1 nitrogen and oxygen atoms in total. The number of carbonyl (C=O) groups is 1. The van der Waals surface area contributed by atoms with Crippen molar-refractivity contribution in [1.29, 1.82) is 0 Å². The van der Waals surface area contributed by atoms with Crippen LogP contribution in [0.3, 0.4) is 0 Å². The van der Waals surface area contributed by atoms with E-state index >= 15 is 0 Å². The van der Waals surface area contributed by atoms with Crippen molar-refractivity contribution in [3.63, 3.8) is 0 Å². The minimum absolute atomic E-state index is 0.0312. The Bertz CT molecular complexity index is 228. The molecule has 0 aliphatic carbocycles. The molecule has 0 heterocycles. The van der Waals surface area contributed by atoms with E-state index in [0.29, 0.717) is 0 Å². The van der Waals surface area contributed by atoms with Crippen LogP contribution >= 0.6 is 0 Å². The highest BCUT2D eigenvalue weighted by Crippen LogP contribution is 2.17. The van der Waals surface area contributed by atoms with Crippen molar-refractivity contribution in [1.82, 2.24) is 0 Å². The van der Waals surface area contributed by atoms with E-state index in [1.54, 1.807) is 0 Å². The average molecular weight is 161 g/mol. The Balaban J connectivity index is 2.73. The van der Waals surface area contributed by atoms with Crippen molar-refractivity contribution >= 4 is 6.29 Å². The lowest BCUT2D eigenvalue weighted by molar-refractivity contribution is -0.109. The fourth-order valence-corrected chi connectivity index (χ4v) is 1.23. The fraction of sp³-hybridized carbons (Fsp3) is 0.273. The summed E-state index contributed by atoms with van der Waals surface area (Å²) in [6.07, 6.45) is 2.65. The van der Waals surface area contributed by atoms with Gasteiger partial charge in [-0.05, 0) is 12.0 Å². The minimum atomic E-state index is 0.0312. The number of aldehydes is 1. The van der Waals surface area contributed by atoms with Gasteiger partial charge in [0.15, 0.2) is 0 Å². The van der Waals surface area contributed by atoms with Crippen molar-refractivity contribution in [3.8, 4) is 0 Å². The summed E-state index contributed by atoms with van der Waals surface area (Å²) in [7, 11) is 0. The van der Waals surface area contributed by atoms with Gasteiger partial charge in [-0.15, -0.1) is 0 Å². The molecule has 0 aliphatic rings. The molecule has 63 valence electrons. The van der Waals surface area contributed by atoms with Gasteiger partial charge in [0.25, 0.3) is 0 Å². The third kappa shape index (κ3) is 2.19. The molecule has 0 amide bonds. The molecule has 0 N–H and O–H groups in total. The van der Waals surface area contributed by atoms with E-state index in [1.165, 1.54) is 0 Å². The highest BCUT2D eigenvalue weighted by Gasteiger charge is 2.07. The standard InChI is InChI=1S/C11H13O/c1-2-6-11(9-12)10-7-4-3-5-8-10/h3-5,7-9,11H,1-2,6H2. The molecule has 0 spiro atoms. The molecule has 1 aromatic carbocycles. The van der Waals surface area contributed by atoms with Gasteiger partial charge in [-0.1, -0.05) is 43.7 Å². The lowest BCUT2D eigenvalue weighted by atomic mass is 9.96. The maximum Gasteiger partial charge on any atom is 0.127 e. The minimum Gasteiger partial charge on any atom is -0.303 e. The fourth-order valence-electron chi connectivity index (χ4n) is 1.23. The molecule has 0 aliphatic heterocycles. The van der Waals surface area contributed by atoms with Crippen LogP contribution in [0.1, 0.15) is 24.3 Å². The van der Waals surface area contributed by atoms with Crippen LogP contribution in [0.2, 0.25) is 0 Å². The predicted molar refractivity (Wildman–Crippen MR) is 49.8 cm³/mol. The number of benzene rings is 1. The van der Waals surface area contributed by atoms with Crippen LogP contribution in [0.25, 0.3) is 0 Å². The molecule has 1 unspecified atom stereocenters. The first-order valence-electron chi connectivity index (χ1n) is 4.18. The largest absolute Gasteiger partial charge is 0.303 e. The van der Waals surface area contributed by atoms with Crippen LogP contribution in [-0.2, 0) is 4.79 Å². The molecule has 0 bridgehead atoms. The molecule has 1 atom stereocenters. The molecule has 12 heavy (non-hydrogen) atoms. The normalized spacial score (nSPS) is 12.4. The van der Waals surface area contributed by atoms with Crippen molar-refractivity contribution in [2.45, 2.75) is 18.8 Å². The van der Waals surface area contributed by atoms with Crippen LogP contribution < -0.4 is 0 Å². The summed E-state index contributed by atoms with van der Waals surface area (Å²) in [5.41, 5.74) is 1.09. The van der Waals surface area contributed by atoms with E-state index in [4.69, 9.17) is 0 Å². The van der Waals surface area contributed by atoms with Gasteiger partial charge in [-0.3, -0.25) is 0 Å². The summed E-state index contributed by atoms with van der Waals surface area (Å²) < 4.78 is 0. The zero-order valence-electron chi connectivity index (χ0n) is 7.07. The first-order valence-corrected chi connectivity index (χ1v) is 4.18. The molecular formula is C11H13O. The van der Waals surface area contributed by atoms with Gasteiger partial charge >= 0.3 is 0 Å². The van der Waals surface area contributed by atoms with Crippen LogP contribution in [0.5, 0.6) is 0 Å². The maximum absolute atomic E-state index is 10.7. The molecule has 1 rings (SSSR count). The number of hydrogen-bond donors (Lipinski definition) is 0. The van der Waals surface area contributed by atoms with E-state index < -0.39 is 0 Å². The molecule has 1 aromatic rings. The van der Waals surface area contributed by atoms with Crippen molar-refractivity contribution < 1.29 is 4.79 Å². The molecule has 1 radical (unpaired) electrons. The van der Waals surface area contributed by atoms with E-state index in [-0.39, 0.29) is 5.92 Å². The number of hydrogen-bond acceptors (Lipinski definition) is 1. The SMILES string of the molecule is [CH2]CCC(C=O)c1ccccc1. The molecule has 0 saturated heterocycles. The second-order valence-electron chi connectivity index (χ2n) is 2.80. The second-order valence-corrected chi connectivity index (χ2v) is 2.80. The number of rotatable bonds is 4. The Morgan fingerprint density at radius 2 is 2.00 bits per heavy atom. The van der Waals surface area contributed by atoms with Crippen LogP contribution in [-0.4, -0.2) is 6.29 Å². The van der Waals surface area contributed by atoms with Gasteiger partial charge in [0, 0.05) is 5.92 Å². The third-order valence-corrected chi connectivity index (χ3v) is 1.91. The van der Waals surface area contributed by atoms with Gasteiger partial charge in [0.2, 0.25) is 0 Å². The van der Waals surface area contributed by atoms with Crippen LogP contribution in [0, 0.1) is 6.92 Å². The zero-order chi connectivity index (χ0) is 8.81. The van der Waals surface area contributed by atoms with Gasteiger partial charge in [-0.2, -0.15) is 0 Å². The Kier molecular flexibility index (Phi) is 3.52. The summed E-state index contributed by atoms with van der Waals surface area (Å²) in [5.74, 6) is 0.0312. The smallest absolute Gasteiger partial charge is 0.127 e. The lowest BCUT2D eigenvalue weighted by Crippen LogP contribution is -1.98. The Labute approximate surface area is 73.4 Å². The predicted octanol–water partition coefficient (Wildman–Crippen LogP) is 2.58. The van der Waals surface area contributed by atoms with Gasteiger partial charge < -0.3 is 4.79 Å². The summed E-state index contributed by atoms with van der Waals surface area (Å²) in [6, 6.07) is 9.82. The summed E-state index contributed by atoms with van der Waals surface area (Å²) in [5, 5.41) is 0. The van der Waals surface area contributed by atoms with E-state index in [1.807, 2.05) is 30.3 Å². The van der Waals surface area contributed by atoms with Crippen LogP contribution in [0.4, 0.5) is 0 Å². The van der Waals surface area contributed by atoms with Gasteiger partial charge in [0.05, 0.1) is 0 Å². The van der Waals surface area contributed by atoms with Crippen molar-refractivity contribution in [2.24, 2.45) is 0 Å². The Morgan fingerprint density at radius 1 is 1.33 bits per heavy atom. The molecular weight excluding hydrogens is 148 g/mol. The van der Waals surface area contributed by atoms with Crippen molar-refractivity contribution in [2.75, 3.05) is 0 Å². The van der Waals surface area contributed by atoms with Gasteiger partial charge in [0.1, 0.15) is 6.29 Å². The summed E-state index contributed by atoms with van der Waals surface area (Å²) >= 11 is 0. The topological polar surface area (TPSA) is 17.1 Å². The lowest BCUT2D eigenvalue weighted by Gasteiger charge is -2.07. The quantitative estimate of drug-likeness (QED) is 0.620. The zero-order valence-corrected chi connectivity index (χ0v) is 7.07. The average Bonchev–Trinajstić information content (AvgIpc) is 2.15. The van der Waals surface area contributed by atoms with Crippen LogP contribution in [0.15, 0.2) is 30.3 Å². The van der Waals surface area contributed by atoms with Crippen molar-refractivity contribution in [3.05, 3.63) is 42.8 Å². The second kappa shape index (κ2) is 4.70. The summed E-state index contributed by atoms with van der Waals surface area (Å²) in [4.78, 5) is 10.7. The molecule has 0 aromatic heterocycles. The summed E-state index contributed by atoms with van der Waals surface area (Å²) in [6.45, 7) is 3.74. The first-order chi connectivity index (χ1) is 5.88. The highest BCUT2D eigenvalue weighted by atomic mass is 16.1. The Morgan fingerprint density at radius 3 is 2.50 bits per heavy atom. The Hall–Kier alpha value is -1.11. The van der Waals surface area contributed by atoms with Gasteiger partial charge in [-0.25, -0.2) is 0 Å². The molecule has 1 heteroatoms. The van der Waals surface area contributed by atoms with E-state index in [9.17, 15) is 4.79 Å². The van der Waals surface area contributed by atoms with E-state index in [2.05, 4.69) is 6.92 Å². The monoisotopic (exact) mass is 161 g/mol. The molecule has 0 fully saturated rings. The highest BCUT2D eigenvalue weighted by molar-refractivity contribution is 5.61. The maximum atomic E-state index is 10.7. The third-order valence-electron chi connectivity index (χ3n) is 1.91. The number of carbonyl (C=O) groups excluding carboxylic acids is 1. The first kappa shape index (κ1) is 8.98. The van der Waals surface area contributed by atoms with E-state index in [0.717, 1.165) is 24.7 Å². The molecule has 0 saturated carbocycles.